The van der Waals surface area contributed by atoms with Crippen LogP contribution in [0.1, 0.15) is 21.9 Å². The molecule has 100 valence electrons. The number of hydrogen-bond donors (Lipinski definition) is 1. The molecule has 1 aromatic heterocycles. The maximum Gasteiger partial charge on any atom is 0.373 e. The summed E-state index contributed by atoms with van der Waals surface area (Å²) in [5.74, 6) is -0.205. The molecular weight excluding hydrogens is 249 g/mol. The molecule has 0 fully saturated rings. The molecule has 0 aliphatic rings. The van der Waals surface area contributed by atoms with Gasteiger partial charge in [-0.3, -0.25) is 0 Å². The van der Waals surface area contributed by atoms with Crippen LogP contribution in [0.15, 0.2) is 34.7 Å². The Labute approximate surface area is 110 Å². The highest BCUT2D eigenvalue weighted by atomic mass is 19.1. The first-order valence-corrected chi connectivity index (χ1v) is 5.77. The molecule has 0 unspecified atom stereocenters. The highest BCUT2D eigenvalue weighted by Gasteiger charge is 2.11. The number of anilines is 1. The van der Waals surface area contributed by atoms with E-state index < -0.39 is 5.97 Å². The molecule has 0 bridgehead atoms. The molecule has 0 atom stereocenters. The highest BCUT2D eigenvalue weighted by molar-refractivity contribution is 5.86. The van der Waals surface area contributed by atoms with Gasteiger partial charge in [0.05, 0.1) is 19.3 Å². The van der Waals surface area contributed by atoms with E-state index in [0.29, 0.717) is 11.4 Å². The average Bonchev–Trinajstić information content (AvgIpc) is 2.88. The van der Waals surface area contributed by atoms with Crippen molar-refractivity contribution in [1.29, 1.82) is 0 Å². The number of ether oxygens (including phenoxy) is 1. The van der Waals surface area contributed by atoms with E-state index in [-0.39, 0.29) is 18.1 Å². The number of rotatable bonds is 4. The first-order valence-electron chi connectivity index (χ1n) is 5.77. The summed E-state index contributed by atoms with van der Waals surface area (Å²) in [6.45, 7) is 2.17. The van der Waals surface area contributed by atoms with Gasteiger partial charge in [-0.15, -0.1) is 0 Å². The van der Waals surface area contributed by atoms with Gasteiger partial charge in [0, 0.05) is 0 Å². The number of carbonyl (C=O) groups is 1. The maximum absolute atomic E-state index is 13.5. The van der Waals surface area contributed by atoms with Crippen LogP contribution in [0.5, 0.6) is 0 Å². The minimum atomic E-state index is -0.534. The van der Waals surface area contributed by atoms with Crippen LogP contribution in [0.2, 0.25) is 0 Å². The number of esters is 1. The normalized spacial score (nSPS) is 10.3. The Morgan fingerprint density at radius 3 is 2.89 bits per heavy atom. The Morgan fingerprint density at radius 1 is 1.37 bits per heavy atom. The number of carbonyl (C=O) groups excluding carboxylic acids is 1. The molecule has 0 spiro atoms. The van der Waals surface area contributed by atoms with Crippen molar-refractivity contribution in [2.75, 3.05) is 12.4 Å². The van der Waals surface area contributed by atoms with Crippen LogP contribution in [-0.4, -0.2) is 13.1 Å². The van der Waals surface area contributed by atoms with Crippen LogP contribution in [0.4, 0.5) is 10.1 Å². The van der Waals surface area contributed by atoms with Crippen LogP contribution < -0.4 is 5.32 Å². The van der Waals surface area contributed by atoms with E-state index in [2.05, 4.69) is 10.1 Å². The van der Waals surface area contributed by atoms with Crippen molar-refractivity contribution in [2.24, 2.45) is 0 Å². The van der Waals surface area contributed by atoms with Gasteiger partial charge < -0.3 is 14.5 Å². The molecule has 0 saturated heterocycles. The second-order valence-corrected chi connectivity index (χ2v) is 4.09. The monoisotopic (exact) mass is 263 g/mol. The molecule has 4 nitrogen and oxygen atoms in total. The van der Waals surface area contributed by atoms with Crippen LogP contribution in [0.3, 0.4) is 0 Å². The molecule has 2 rings (SSSR count). The summed E-state index contributed by atoms with van der Waals surface area (Å²) in [5, 5.41) is 2.92. The van der Waals surface area contributed by atoms with Crippen LogP contribution >= 0.6 is 0 Å². The first-order chi connectivity index (χ1) is 9.10. The van der Waals surface area contributed by atoms with Crippen LogP contribution in [0.25, 0.3) is 0 Å². The van der Waals surface area contributed by atoms with Gasteiger partial charge in [0.25, 0.3) is 0 Å². The Hall–Kier alpha value is -2.30. The lowest BCUT2D eigenvalue weighted by molar-refractivity contribution is 0.0563. The molecule has 0 amide bonds. The third kappa shape index (κ3) is 3.13. The van der Waals surface area contributed by atoms with Crippen molar-refractivity contribution < 1.29 is 18.3 Å². The zero-order valence-corrected chi connectivity index (χ0v) is 10.7. The molecule has 1 N–H and O–H groups in total. The Balaban J connectivity index is 2.04. The van der Waals surface area contributed by atoms with Gasteiger partial charge in [-0.2, -0.15) is 0 Å². The van der Waals surface area contributed by atoms with Crippen molar-refractivity contribution in [2.45, 2.75) is 13.5 Å². The number of furan rings is 1. The van der Waals surface area contributed by atoms with Gasteiger partial charge in [0.1, 0.15) is 11.6 Å². The van der Waals surface area contributed by atoms with E-state index >= 15 is 0 Å². The van der Waals surface area contributed by atoms with Gasteiger partial charge in [0.15, 0.2) is 0 Å². The zero-order chi connectivity index (χ0) is 13.8. The van der Waals surface area contributed by atoms with Crippen molar-refractivity contribution >= 4 is 11.7 Å². The summed E-state index contributed by atoms with van der Waals surface area (Å²) in [4.78, 5) is 11.2. The summed E-state index contributed by atoms with van der Waals surface area (Å²) in [5.41, 5.74) is 1.36. The van der Waals surface area contributed by atoms with Crippen molar-refractivity contribution in [1.82, 2.24) is 0 Å². The van der Waals surface area contributed by atoms with Gasteiger partial charge in [0.2, 0.25) is 5.76 Å². The third-order valence-corrected chi connectivity index (χ3v) is 2.62. The van der Waals surface area contributed by atoms with Crippen LogP contribution in [0, 0.1) is 12.7 Å². The number of hydrogen-bond acceptors (Lipinski definition) is 4. The van der Waals surface area contributed by atoms with Gasteiger partial charge >= 0.3 is 5.97 Å². The van der Waals surface area contributed by atoms with Crippen molar-refractivity contribution in [3.63, 3.8) is 0 Å². The lowest BCUT2D eigenvalue weighted by atomic mass is 10.2. The number of aryl methyl sites for hydroxylation is 1. The van der Waals surface area contributed by atoms with Crippen molar-refractivity contribution in [3.8, 4) is 0 Å². The maximum atomic E-state index is 13.5. The summed E-state index contributed by atoms with van der Waals surface area (Å²) in [7, 11) is 1.28. The summed E-state index contributed by atoms with van der Waals surface area (Å²) in [6.07, 6.45) is 0. The molecular formula is C14H14FNO3. The second kappa shape index (κ2) is 5.56. The molecule has 1 heterocycles. The number of halogens is 1. The van der Waals surface area contributed by atoms with Crippen LogP contribution in [-0.2, 0) is 11.3 Å². The number of benzene rings is 1. The number of nitrogens with one attached hydrogen (secondary N) is 1. The standard InChI is InChI=1S/C14H14FNO3/c1-9-3-5-11(15)12(7-9)16-8-10-4-6-13(19-10)14(17)18-2/h3-7,16H,8H2,1-2H3. The minimum Gasteiger partial charge on any atom is -0.463 e. The molecule has 5 heteroatoms. The zero-order valence-electron chi connectivity index (χ0n) is 10.7. The van der Waals surface area contributed by atoms with E-state index in [1.54, 1.807) is 18.2 Å². The quantitative estimate of drug-likeness (QED) is 0.861. The summed E-state index contributed by atoms with van der Waals surface area (Å²) in [6, 6.07) is 7.98. The summed E-state index contributed by atoms with van der Waals surface area (Å²) >= 11 is 0. The average molecular weight is 263 g/mol. The smallest absolute Gasteiger partial charge is 0.373 e. The largest absolute Gasteiger partial charge is 0.463 e. The SMILES string of the molecule is COC(=O)c1ccc(CNc2cc(C)ccc2F)o1. The lowest BCUT2D eigenvalue weighted by Crippen LogP contribution is -2.01. The predicted octanol–water partition coefficient (Wildman–Crippen LogP) is 3.13. The second-order valence-electron chi connectivity index (χ2n) is 4.09. The summed E-state index contributed by atoms with van der Waals surface area (Å²) < 4.78 is 23.3. The number of methoxy groups -OCH3 is 1. The Bertz CT molecular complexity index is 592. The van der Waals surface area contributed by atoms with E-state index in [9.17, 15) is 9.18 Å². The van der Waals surface area contributed by atoms with Gasteiger partial charge in [-0.1, -0.05) is 6.07 Å². The highest BCUT2D eigenvalue weighted by Crippen LogP contribution is 2.17. The molecule has 0 aliphatic heterocycles. The topological polar surface area (TPSA) is 51.5 Å². The van der Waals surface area contributed by atoms with E-state index in [4.69, 9.17) is 4.42 Å². The molecule has 0 aliphatic carbocycles. The Morgan fingerprint density at radius 2 is 2.16 bits per heavy atom. The fourth-order valence-electron chi connectivity index (χ4n) is 1.64. The van der Waals surface area contributed by atoms with Gasteiger partial charge in [-0.25, -0.2) is 9.18 Å². The predicted molar refractivity (Wildman–Crippen MR) is 68.5 cm³/mol. The molecule has 1 aromatic carbocycles. The fourth-order valence-corrected chi connectivity index (χ4v) is 1.64. The first kappa shape index (κ1) is 13.1. The fraction of sp³-hybridized carbons (Fsp3) is 0.214. The molecule has 0 saturated carbocycles. The van der Waals surface area contributed by atoms with E-state index in [1.165, 1.54) is 19.2 Å². The molecule has 0 radical (unpaired) electrons. The Kier molecular flexibility index (Phi) is 3.85. The minimum absolute atomic E-state index is 0.129. The van der Waals surface area contributed by atoms with E-state index in [1.807, 2.05) is 6.92 Å². The molecule has 19 heavy (non-hydrogen) atoms. The molecule has 2 aromatic rings. The van der Waals surface area contributed by atoms with Gasteiger partial charge in [-0.05, 0) is 36.8 Å². The van der Waals surface area contributed by atoms with E-state index in [0.717, 1.165) is 5.56 Å². The third-order valence-electron chi connectivity index (χ3n) is 2.62. The van der Waals surface area contributed by atoms with Crippen molar-refractivity contribution in [3.05, 3.63) is 53.2 Å². The lowest BCUT2D eigenvalue weighted by Gasteiger charge is -2.06.